The average Bonchev–Trinajstić information content (AvgIpc) is 3.21. The quantitative estimate of drug-likeness (QED) is 0.488. The van der Waals surface area contributed by atoms with E-state index in [-0.39, 0.29) is 17.8 Å². The third-order valence-electron chi connectivity index (χ3n) is 4.12. The number of hydrogen-bond acceptors (Lipinski definition) is 7. The number of hydrogen-bond donors (Lipinski definition) is 0. The van der Waals surface area contributed by atoms with Crippen LogP contribution in [0.5, 0.6) is 5.75 Å². The van der Waals surface area contributed by atoms with Crippen LogP contribution in [0.15, 0.2) is 74.4 Å². The molecule has 7 heteroatoms. The molecule has 0 saturated carbocycles. The van der Waals surface area contributed by atoms with E-state index in [1.165, 1.54) is 0 Å². The molecule has 0 amide bonds. The zero-order valence-corrected chi connectivity index (χ0v) is 14.9. The van der Waals surface area contributed by atoms with Crippen molar-refractivity contribution in [2.24, 2.45) is 0 Å². The monoisotopic (exact) mass is 377 g/mol. The number of carbonyl (C=O) groups excluding carboxylic acids is 1. The van der Waals surface area contributed by atoms with Gasteiger partial charge >= 0.3 is 5.97 Å². The van der Waals surface area contributed by atoms with E-state index in [1.807, 2.05) is 12.1 Å². The molecule has 0 bridgehead atoms. The number of ether oxygens (including phenoxy) is 2. The summed E-state index contributed by atoms with van der Waals surface area (Å²) < 4.78 is 21.0. The van der Waals surface area contributed by atoms with Gasteiger partial charge in [0.25, 0.3) is 0 Å². The topological polar surface area (TPSA) is 91.8 Å². The molecule has 0 fully saturated rings. The van der Waals surface area contributed by atoms with Crippen LogP contribution in [0.25, 0.3) is 22.3 Å². The fourth-order valence-electron chi connectivity index (χ4n) is 2.69. The maximum Gasteiger partial charge on any atom is 0.374 e. The summed E-state index contributed by atoms with van der Waals surface area (Å²) in [5.41, 5.74) is 1.26. The molecule has 4 aromatic rings. The molecule has 0 radical (unpaired) electrons. The van der Waals surface area contributed by atoms with Gasteiger partial charge < -0.3 is 18.4 Å². The van der Waals surface area contributed by atoms with E-state index in [1.54, 1.807) is 49.6 Å². The molecule has 0 aliphatic carbocycles. The van der Waals surface area contributed by atoms with Crippen molar-refractivity contribution >= 4 is 16.9 Å². The zero-order valence-electron chi connectivity index (χ0n) is 14.9. The molecule has 0 unspecified atom stereocenters. The number of carbonyl (C=O) groups is 1. The van der Waals surface area contributed by atoms with E-state index < -0.39 is 5.97 Å². The minimum absolute atomic E-state index is 0.116. The first-order valence-corrected chi connectivity index (χ1v) is 8.44. The van der Waals surface area contributed by atoms with Crippen molar-refractivity contribution in [2.75, 3.05) is 7.11 Å². The second-order valence-electron chi connectivity index (χ2n) is 5.96. The van der Waals surface area contributed by atoms with Gasteiger partial charge in [-0.15, -0.1) is 0 Å². The predicted molar refractivity (Wildman–Crippen MR) is 100 cm³/mol. The minimum atomic E-state index is -0.753. The Bertz CT molecular complexity index is 1190. The minimum Gasteiger partial charge on any atom is -0.497 e. The van der Waals surface area contributed by atoms with Gasteiger partial charge in [0.15, 0.2) is 11.2 Å². The Morgan fingerprint density at radius 3 is 2.64 bits per heavy atom. The van der Waals surface area contributed by atoms with Crippen molar-refractivity contribution in [1.29, 1.82) is 0 Å². The van der Waals surface area contributed by atoms with Crippen LogP contribution < -0.4 is 10.2 Å². The van der Waals surface area contributed by atoms with Crippen molar-refractivity contribution in [3.05, 3.63) is 82.3 Å². The number of aromatic nitrogens is 1. The van der Waals surface area contributed by atoms with Crippen LogP contribution in [0.1, 0.15) is 16.2 Å². The number of fused-ring (bicyclic) bond motifs is 1. The maximum atomic E-state index is 12.2. The molecule has 2 aromatic carbocycles. The number of nitrogens with zero attached hydrogens (tertiary/aromatic N) is 1. The van der Waals surface area contributed by atoms with Crippen LogP contribution >= 0.6 is 0 Å². The molecule has 2 heterocycles. The van der Waals surface area contributed by atoms with Gasteiger partial charge in [-0.1, -0.05) is 17.3 Å². The molecule has 4 rings (SSSR count). The highest BCUT2D eigenvalue weighted by molar-refractivity contribution is 5.88. The van der Waals surface area contributed by atoms with Gasteiger partial charge in [0, 0.05) is 17.7 Å². The lowest BCUT2D eigenvalue weighted by molar-refractivity contribution is 0.0428. The molecule has 28 heavy (non-hydrogen) atoms. The second-order valence-corrected chi connectivity index (χ2v) is 5.96. The summed E-state index contributed by atoms with van der Waals surface area (Å²) in [4.78, 5) is 24.3. The lowest BCUT2D eigenvalue weighted by atomic mass is 10.1. The number of para-hydroxylation sites is 1. The maximum absolute atomic E-state index is 12.2. The van der Waals surface area contributed by atoms with Gasteiger partial charge in [-0.05, 0) is 36.4 Å². The zero-order chi connectivity index (χ0) is 19.5. The van der Waals surface area contributed by atoms with Gasteiger partial charge in [0.05, 0.1) is 12.5 Å². The number of esters is 1. The molecule has 140 valence electrons. The van der Waals surface area contributed by atoms with Crippen LogP contribution in [-0.4, -0.2) is 18.2 Å². The second kappa shape index (κ2) is 7.40. The summed E-state index contributed by atoms with van der Waals surface area (Å²) in [6, 6.07) is 16.8. The van der Waals surface area contributed by atoms with Crippen LogP contribution in [0.2, 0.25) is 0 Å². The number of methoxy groups -OCH3 is 1. The fourth-order valence-corrected chi connectivity index (χ4v) is 2.69. The number of rotatable bonds is 5. The molecule has 0 saturated heterocycles. The highest BCUT2D eigenvalue weighted by Crippen LogP contribution is 2.23. The van der Waals surface area contributed by atoms with Gasteiger partial charge in [-0.2, -0.15) is 0 Å². The van der Waals surface area contributed by atoms with Crippen molar-refractivity contribution in [3.63, 3.8) is 0 Å². The van der Waals surface area contributed by atoms with Crippen LogP contribution in [0.4, 0.5) is 0 Å². The number of benzene rings is 2. The largest absolute Gasteiger partial charge is 0.497 e. The molecule has 0 atom stereocenters. The lowest BCUT2D eigenvalue weighted by Crippen LogP contribution is -2.10. The standard InChI is InChI=1S/C21H15NO6/c1-25-15-8-6-13(7-9-15)19-10-14(22-28-19)12-26-21(24)20-11-17(23)16-4-2-3-5-18(16)27-20/h2-11H,12H2,1H3. The molecule has 0 aliphatic rings. The van der Waals surface area contributed by atoms with E-state index in [2.05, 4.69) is 5.16 Å². The van der Waals surface area contributed by atoms with E-state index >= 15 is 0 Å². The Labute approximate surface area is 159 Å². The van der Waals surface area contributed by atoms with Gasteiger partial charge in [-0.3, -0.25) is 4.79 Å². The first-order valence-electron chi connectivity index (χ1n) is 8.44. The van der Waals surface area contributed by atoms with E-state index in [0.29, 0.717) is 22.4 Å². The Balaban J connectivity index is 1.46. The highest BCUT2D eigenvalue weighted by atomic mass is 16.5. The van der Waals surface area contributed by atoms with Gasteiger partial charge in [-0.25, -0.2) is 4.79 Å². The van der Waals surface area contributed by atoms with Crippen molar-refractivity contribution in [2.45, 2.75) is 6.61 Å². The normalized spacial score (nSPS) is 10.8. The predicted octanol–water partition coefficient (Wildman–Crippen LogP) is 3.81. The van der Waals surface area contributed by atoms with Crippen LogP contribution in [-0.2, 0) is 11.3 Å². The van der Waals surface area contributed by atoms with E-state index in [0.717, 1.165) is 17.4 Å². The third-order valence-corrected chi connectivity index (χ3v) is 4.12. The molecule has 0 spiro atoms. The molecule has 2 aromatic heterocycles. The third kappa shape index (κ3) is 3.50. The molecular weight excluding hydrogens is 362 g/mol. The summed E-state index contributed by atoms with van der Waals surface area (Å²) in [6.45, 7) is -0.116. The van der Waals surface area contributed by atoms with Gasteiger partial charge in [0.1, 0.15) is 23.6 Å². The summed E-state index contributed by atoms with van der Waals surface area (Å²) in [5, 5.41) is 4.29. The Kier molecular flexibility index (Phi) is 4.63. The Hall–Kier alpha value is -3.87. The lowest BCUT2D eigenvalue weighted by Gasteiger charge is -2.03. The van der Waals surface area contributed by atoms with Crippen molar-refractivity contribution in [3.8, 4) is 17.1 Å². The van der Waals surface area contributed by atoms with E-state index in [9.17, 15) is 9.59 Å². The average molecular weight is 377 g/mol. The first kappa shape index (κ1) is 17.5. The Morgan fingerprint density at radius 2 is 1.86 bits per heavy atom. The fraction of sp³-hybridized carbons (Fsp3) is 0.0952. The first-order chi connectivity index (χ1) is 13.6. The molecule has 7 nitrogen and oxygen atoms in total. The summed E-state index contributed by atoms with van der Waals surface area (Å²) >= 11 is 0. The van der Waals surface area contributed by atoms with Crippen molar-refractivity contribution < 1.29 is 23.2 Å². The summed E-state index contributed by atoms with van der Waals surface area (Å²) in [7, 11) is 1.59. The smallest absolute Gasteiger partial charge is 0.374 e. The molecular formula is C21H15NO6. The highest BCUT2D eigenvalue weighted by Gasteiger charge is 2.15. The Morgan fingerprint density at radius 1 is 1.07 bits per heavy atom. The van der Waals surface area contributed by atoms with Crippen LogP contribution in [0.3, 0.4) is 0 Å². The van der Waals surface area contributed by atoms with Gasteiger partial charge in [0.2, 0.25) is 5.76 Å². The SMILES string of the molecule is COc1ccc(-c2cc(COC(=O)c3cc(=O)c4ccccc4o3)no2)cc1. The molecule has 0 aliphatic heterocycles. The molecule has 0 N–H and O–H groups in total. The summed E-state index contributed by atoms with van der Waals surface area (Å²) in [5.74, 6) is 0.347. The van der Waals surface area contributed by atoms with Crippen LogP contribution in [0, 0.1) is 0 Å². The van der Waals surface area contributed by atoms with E-state index in [4.69, 9.17) is 18.4 Å². The summed E-state index contributed by atoms with van der Waals surface area (Å²) in [6.07, 6.45) is 0. The van der Waals surface area contributed by atoms with Crippen molar-refractivity contribution in [1.82, 2.24) is 5.16 Å².